The maximum atomic E-state index is 13.3. The lowest BCUT2D eigenvalue weighted by Crippen LogP contribution is -2.40. The normalized spacial score (nSPS) is 20.1. The van der Waals surface area contributed by atoms with Crippen molar-refractivity contribution in [3.8, 4) is 0 Å². The van der Waals surface area contributed by atoms with E-state index in [4.69, 9.17) is 28.9 Å². The molecule has 0 radical (unpaired) electrons. The van der Waals surface area contributed by atoms with E-state index >= 15 is 0 Å². The van der Waals surface area contributed by atoms with Crippen molar-refractivity contribution in [2.45, 2.75) is 12.1 Å². The number of anilines is 1. The van der Waals surface area contributed by atoms with Gasteiger partial charge in [-0.15, -0.1) is 0 Å². The maximum absolute atomic E-state index is 13.3. The molecule has 2 N–H and O–H groups in total. The standard InChI is InChI=1S/C21H15Cl2N3O3/c22-14-4-3-5-15(23)18(14)20(28)26-17-7-2-1-6-16(17)25(21(26)29)13-10-8-12(9-11-13)19(24)27/h1-11,16-17H,(H2,24,27). The van der Waals surface area contributed by atoms with Crippen LogP contribution in [0.2, 0.25) is 10.0 Å². The van der Waals surface area contributed by atoms with Gasteiger partial charge in [0.05, 0.1) is 27.7 Å². The largest absolute Gasteiger partial charge is 0.366 e. The van der Waals surface area contributed by atoms with Crippen LogP contribution in [0.3, 0.4) is 0 Å². The number of rotatable bonds is 3. The molecule has 2 aliphatic rings. The molecule has 0 saturated carbocycles. The molecular weight excluding hydrogens is 413 g/mol. The van der Waals surface area contributed by atoms with Crippen molar-refractivity contribution in [2.75, 3.05) is 4.90 Å². The Kier molecular flexibility index (Phi) is 4.90. The molecule has 8 heteroatoms. The fourth-order valence-electron chi connectivity index (χ4n) is 3.55. The average molecular weight is 428 g/mol. The Labute approximate surface area is 176 Å². The van der Waals surface area contributed by atoms with Gasteiger partial charge in [-0.25, -0.2) is 4.79 Å². The van der Waals surface area contributed by atoms with E-state index in [-0.39, 0.29) is 15.6 Å². The lowest BCUT2D eigenvalue weighted by atomic mass is 10.0. The summed E-state index contributed by atoms with van der Waals surface area (Å²) < 4.78 is 0. The molecule has 4 rings (SSSR count). The van der Waals surface area contributed by atoms with Crippen LogP contribution >= 0.6 is 23.2 Å². The highest BCUT2D eigenvalue weighted by Crippen LogP contribution is 2.35. The maximum Gasteiger partial charge on any atom is 0.332 e. The van der Waals surface area contributed by atoms with Crippen LogP contribution in [-0.2, 0) is 0 Å². The Morgan fingerprint density at radius 3 is 2.07 bits per heavy atom. The van der Waals surface area contributed by atoms with E-state index in [0.717, 1.165) is 4.90 Å². The molecule has 1 aliphatic heterocycles. The first-order valence-corrected chi connectivity index (χ1v) is 9.51. The predicted octanol–water partition coefficient (Wildman–Crippen LogP) is 4.04. The topological polar surface area (TPSA) is 83.7 Å². The average Bonchev–Trinajstić information content (AvgIpc) is 2.99. The second-order valence-corrected chi connectivity index (χ2v) is 7.40. The minimum Gasteiger partial charge on any atom is -0.366 e. The summed E-state index contributed by atoms with van der Waals surface area (Å²) in [5, 5.41) is 0.345. The van der Waals surface area contributed by atoms with Crippen LogP contribution in [0.4, 0.5) is 10.5 Å². The zero-order valence-electron chi connectivity index (χ0n) is 15.0. The van der Waals surface area contributed by atoms with Crippen molar-refractivity contribution in [3.05, 3.63) is 87.9 Å². The number of nitrogens with zero attached hydrogens (tertiary/aromatic N) is 2. The number of carbonyl (C=O) groups is 3. The second kappa shape index (κ2) is 7.39. The zero-order valence-corrected chi connectivity index (χ0v) is 16.5. The van der Waals surface area contributed by atoms with Gasteiger partial charge < -0.3 is 5.73 Å². The lowest BCUT2D eigenvalue weighted by Gasteiger charge is -2.24. The highest BCUT2D eigenvalue weighted by atomic mass is 35.5. The zero-order chi connectivity index (χ0) is 20.7. The molecule has 1 heterocycles. The summed E-state index contributed by atoms with van der Waals surface area (Å²) in [6.07, 6.45) is 7.22. The Hall–Kier alpha value is -3.09. The molecule has 6 nitrogen and oxygen atoms in total. The van der Waals surface area contributed by atoms with Crippen molar-refractivity contribution >= 4 is 46.7 Å². The van der Waals surface area contributed by atoms with Crippen LogP contribution in [0.15, 0.2) is 66.8 Å². The van der Waals surface area contributed by atoms with Crippen molar-refractivity contribution in [2.24, 2.45) is 5.73 Å². The molecule has 2 atom stereocenters. The fourth-order valence-corrected chi connectivity index (χ4v) is 4.11. The third kappa shape index (κ3) is 3.20. The van der Waals surface area contributed by atoms with Gasteiger partial charge in [-0.2, -0.15) is 0 Å². The number of benzene rings is 2. The summed E-state index contributed by atoms with van der Waals surface area (Å²) >= 11 is 12.4. The number of hydrogen-bond donors (Lipinski definition) is 1. The molecule has 0 spiro atoms. The van der Waals surface area contributed by atoms with Crippen molar-refractivity contribution in [1.82, 2.24) is 4.90 Å². The lowest BCUT2D eigenvalue weighted by molar-refractivity contribution is 0.0801. The summed E-state index contributed by atoms with van der Waals surface area (Å²) in [5.41, 5.74) is 6.23. The Bertz CT molecular complexity index is 1060. The summed E-state index contributed by atoms with van der Waals surface area (Å²) in [4.78, 5) is 40.6. The molecule has 29 heavy (non-hydrogen) atoms. The molecular formula is C21H15Cl2N3O3. The van der Waals surface area contributed by atoms with Crippen LogP contribution < -0.4 is 10.6 Å². The van der Waals surface area contributed by atoms with E-state index in [1.165, 1.54) is 17.0 Å². The Morgan fingerprint density at radius 1 is 0.897 bits per heavy atom. The molecule has 1 saturated heterocycles. The highest BCUT2D eigenvalue weighted by molar-refractivity contribution is 6.40. The highest BCUT2D eigenvalue weighted by Gasteiger charge is 2.48. The van der Waals surface area contributed by atoms with Crippen molar-refractivity contribution < 1.29 is 14.4 Å². The molecule has 146 valence electrons. The summed E-state index contributed by atoms with van der Waals surface area (Å²) in [7, 11) is 0. The third-order valence-corrected chi connectivity index (χ3v) is 5.54. The number of halogens is 2. The number of urea groups is 1. The quantitative estimate of drug-likeness (QED) is 0.801. The first kappa shape index (κ1) is 19.2. The van der Waals surface area contributed by atoms with E-state index in [1.54, 1.807) is 42.5 Å². The van der Waals surface area contributed by atoms with Crippen LogP contribution in [0, 0.1) is 0 Å². The van der Waals surface area contributed by atoms with Crippen LogP contribution in [-0.4, -0.2) is 34.8 Å². The molecule has 0 aromatic heterocycles. The van der Waals surface area contributed by atoms with Crippen LogP contribution in [0.25, 0.3) is 0 Å². The summed E-state index contributed by atoms with van der Waals surface area (Å²) in [5.74, 6) is -1.13. The number of imide groups is 1. The van der Waals surface area contributed by atoms with E-state index in [0.29, 0.717) is 11.3 Å². The molecule has 2 aromatic rings. The minimum atomic E-state index is -0.572. The number of allylic oxidation sites excluding steroid dienone is 2. The predicted molar refractivity (Wildman–Crippen MR) is 111 cm³/mol. The summed E-state index contributed by atoms with van der Waals surface area (Å²) in [6.45, 7) is 0. The van der Waals surface area contributed by atoms with Gasteiger partial charge in [0, 0.05) is 11.3 Å². The van der Waals surface area contributed by atoms with E-state index in [9.17, 15) is 14.4 Å². The van der Waals surface area contributed by atoms with Gasteiger partial charge in [-0.3, -0.25) is 19.4 Å². The van der Waals surface area contributed by atoms with Crippen molar-refractivity contribution in [3.63, 3.8) is 0 Å². The second-order valence-electron chi connectivity index (χ2n) is 6.59. The number of nitrogens with two attached hydrogens (primary N) is 1. The van der Waals surface area contributed by atoms with Gasteiger partial charge in [0.1, 0.15) is 0 Å². The number of fused-ring (bicyclic) bond motifs is 1. The molecule has 4 amide bonds. The van der Waals surface area contributed by atoms with Gasteiger partial charge in [0.2, 0.25) is 5.91 Å². The number of amides is 4. The summed E-state index contributed by atoms with van der Waals surface area (Å²) in [6, 6.07) is 9.62. The monoisotopic (exact) mass is 427 g/mol. The van der Waals surface area contributed by atoms with Crippen molar-refractivity contribution in [1.29, 1.82) is 0 Å². The third-order valence-electron chi connectivity index (χ3n) is 4.91. The van der Waals surface area contributed by atoms with E-state index in [1.807, 2.05) is 12.2 Å². The number of primary amides is 1. The Morgan fingerprint density at radius 2 is 1.48 bits per heavy atom. The van der Waals surface area contributed by atoms with Gasteiger partial charge in [-0.1, -0.05) is 53.6 Å². The van der Waals surface area contributed by atoms with Gasteiger partial charge >= 0.3 is 6.03 Å². The SMILES string of the molecule is NC(=O)c1ccc(N2C(=O)N(C(=O)c3c(Cl)cccc3Cl)C3C=CC=CC32)cc1. The molecule has 1 fully saturated rings. The molecule has 2 unspecified atom stereocenters. The molecule has 2 aromatic carbocycles. The first-order chi connectivity index (χ1) is 13.9. The smallest absolute Gasteiger partial charge is 0.332 e. The van der Waals surface area contributed by atoms with Gasteiger partial charge in [0.15, 0.2) is 0 Å². The molecule has 0 bridgehead atoms. The van der Waals surface area contributed by atoms with Gasteiger partial charge in [-0.05, 0) is 36.4 Å². The van der Waals surface area contributed by atoms with Crippen LogP contribution in [0.1, 0.15) is 20.7 Å². The van der Waals surface area contributed by atoms with Crippen LogP contribution in [0.5, 0.6) is 0 Å². The molecule has 1 aliphatic carbocycles. The van der Waals surface area contributed by atoms with E-state index < -0.39 is 29.9 Å². The number of carbonyl (C=O) groups excluding carboxylic acids is 3. The number of hydrogen-bond acceptors (Lipinski definition) is 3. The van der Waals surface area contributed by atoms with E-state index in [2.05, 4.69) is 0 Å². The minimum absolute atomic E-state index is 0.0804. The fraction of sp³-hybridized carbons (Fsp3) is 0.0952. The van der Waals surface area contributed by atoms with Gasteiger partial charge in [0.25, 0.3) is 5.91 Å². The Balaban J connectivity index is 1.76. The first-order valence-electron chi connectivity index (χ1n) is 8.76.